The SMILES string of the molecule is CC(=O)C[C@H](C)CCCOc1ccccc1Cn1c(C)cnc1-c1ccc(F)cc1. The summed E-state index contributed by atoms with van der Waals surface area (Å²) in [5.41, 5.74) is 2.98. The molecule has 0 aliphatic heterocycles. The van der Waals surface area contributed by atoms with Crippen LogP contribution in [0.25, 0.3) is 11.4 Å². The standard InChI is InChI=1S/C25H29FN2O2/c1-18(15-20(3)29)7-6-14-30-24-9-5-4-8-22(24)17-28-19(2)16-27-25(28)21-10-12-23(26)13-11-21/h4-5,8-13,16,18H,6-7,14-15,17H2,1-3H3/t18-/m1/s1. The first kappa shape index (κ1) is 21.8. The maximum Gasteiger partial charge on any atom is 0.140 e. The van der Waals surface area contributed by atoms with Gasteiger partial charge in [-0.1, -0.05) is 25.1 Å². The number of halogens is 1. The number of benzene rings is 2. The van der Waals surface area contributed by atoms with Crippen LogP contribution in [0.3, 0.4) is 0 Å². The van der Waals surface area contributed by atoms with E-state index in [9.17, 15) is 9.18 Å². The molecule has 0 saturated carbocycles. The Morgan fingerprint density at radius 2 is 1.90 bits per heavy atom. The molecule has 0 bridgehead atoms. The van der Waals surface area contributed by atoms with E-state index < -0.39 is 0 Å². The molecule has 1 heterocycles. The molecule has 3 rings (SSSR count). The summed E-state index contributed by atoms with van der Waals surface area (Å²) in [5.74, 6) is 2.02. The lowest BCUT2D eigenvalue weighted by Gasteiger charge is -2.15. The zero-order chi connectivity index (χ0) is 21.5. The quantitative estimate of drug-likeness (QED) is 0.397. The van der Waals surface area contributed by atoms with Gasteiger partial charge in [-0.25, -0.2) is 9.37 Å². The van der Waals surface area contributed by atoms with Crippen molar-refractivity contribution in [3.05, 3.63) is 71.8 Å². The van der Waals surface area contributed by atoms with Crippen LogP contribution in [0.4, 0.5) is 4.39 Å². The lowest BCUT2D eigenvalue weighted by molar-refractivity contribution is -0.117. The third-order valence-corrected chi connectivity index (χ3v) is 5.19. The van der Waals surface area contributed by atoms with Gasteiger partial charge in [0.05, 0.1) is 13.2 Å². The van der Waals surface area contributed by atoms with Crippen LogP contribution in [0.15, 0.2) is 54.7 Å². The Morgan fingerprint density at radius 3 is 2.63 bits per heavy atom. The van der Waals surface area contributed by atoms with E-state index in [0.29, 0.717) is 25.5 Å². The zero-order valence-electron chi connectivity index (χ0n) is 17.9. The van der Waals surface area contributed by atoms with E-state index in [4.69, 9.17) is 4.74 Å². The number of hydrogen-bond acceptors (Lipinski definition) is 3. The largest absolute Gasteiger partial charge is 0.493 e. The number of hydrogen-bond donors (Lipinski definition) is 0. The van der Waals surface area contributed by atoms with Crippen LogP contribution in [-0.4, -0.2) is 21.9 Å². The van der Waals surface area contributed by atoms with Crippen molar-refractivity contribution >= 4 is 5.78 Å². The van der Waals surface area contributed by atoms with Gasteiger partial charge in [0.2, 0.25) is 0 Å². The minimum atomic E-state index is -0.259. The minimum absolute atomic E-state index is 0.237. The van der Waals surface area contributed by atoms with Gasteiger partial charge in [-0.2, -0.15) is 0 Å². The topological polar surface area (TPSA) is 44.1 Å². The Labute approximate surface area is 177 Å². The van der Waals surface area contributed by atoms with Gasteiger partial charge in [0.15, 0.2) is 0 Å². The lowest BCUT2D eigenvalue weighted by atomic mass is 10.00. The Balaban J connectivity index is 1.69. The van der Waals surface area contributed by atoms with Crippen molar-refractivity contribution in [2.45, 2.75) is 46.6 Å². The molecule has 158 valence electrons. The maximum absolute atomic E-state index is 13.3. The van der Waals surface area contributed by atoms with Gasteiger partial charge in [0.1, 0.15) is 23.2 Å². The second-order valence-corrected chi connectivity index (χ2v) is 7.93. The van der Waals surface area contributed by atoms with Crippen molar-refractivity contribution < 1.29 is 13.9 Å². The monoisotopic (exact) mass is 408 g/mol. The van der Waals surface area contributed by atoms with E-state index in [2.05, 4.69) is 22.5 Å². The zero-order valence-corrected chi connectivity index (χ0v) is 17.9. The van der Waals surface area contributed by atoms with Crippen molar-refractivity contribution in [1.29, 1.82) is 0 Å². The van der Waals surface area contributed by atoms with Gasteiger partial charge in [0.25, 0.3) is 0 Å². The number of nitrogens with zero attached hydrogens (tertiary/aromatic N) is 2. The first-order valence-corrected chi connectivity index (χ1v) is 10.4. The highest BCUT2D eigenvalue weighted by Gasteiger charge is 2.13. The number of rotatable bonds is 10. The molecular formula is C25H29FN2O2. The molecule has 0 spiro atoms. The average Bonchev–Trinajstić information content (AvgIpc) is 3.07. The lowest BCUT2D eigenvalue weighted by Crippen LogP contribution is -2.08. The molecule has 1 aromatic heterocycles. The molecule has 2 aromatic carbocycles. The summed E-state index contributed by atoms with van der Waals surface area (Å²) in [5, 5.41) is 0. The van der Waals surface area contributed by atoms with Crippen molar-refractivity contribution in [3.8, 4) is 17.1 Å². The fourth-order valence-electron chi connectivity index (χ4n) is 3.64. The van der Waals surface area contributed by atoms with E-state index in [0.717, 1.165) is 41.2 Å². The van der Waals surface area contributed by atoms with Gasteiger partial charge in [-0.05, 0) is 62.9 Å². The number of ketones is 1. The predicted molar refractivity (Wildman–Crippen MR) is 117 cm³/mol. The van der Waals surface area contributed by atoms with E-state index >= 15 is 0 Å². The molecule has 0 aliphatic carbocycles. The number of aryl methyl sites for hydroxylation is 1. The summed E-state index contributed by atoms with van der Waals surface area (Å²) in [6, 6.07) is 14.4. The first-order valence-electron chi connectivity index (χ1n) is 10.4. The Bertz CT molecular complexity index is 979. The summed E-state index contributed by atoms with van der Waals surface area (Å²) in [6.45, 7) is 7.00. The molecule has 0 N–H and O–H groups in total. The summed E-state index contributed by atoms with van der Waals surface area (Å²) < 4.78 is 21.5. The number of imidazole rings is 1. The van der Waals surface area contributed by atoms with Gasteiger partial charge in [0, 0.05) is 29.4 Å². The van der Waals surface area contributed by atoms with Crippen LogP contribution in [0.2, 0.25) is 0 Å². The highest BCUT2D eigenvalue weighted by Crippen LogP contribution is 2.25. The highest BCUT2D eigenvalue weighted by molar-refractivity contribution is 5.75. The fourth-order valence-corrected chi connectivity index (χ4v) is 3.64. The van der Waals surface area contributed by atoms with Crippen LogP contribution < -0.4 is 4.74 Å². The Morgan fingerprint density at radius 1 is 1.17 bits per heavy atom. The van der Waals surface area contributed by atoms with Crippen LogP contribution in [0.1, 0.15) is 44.4 Å². The molecule has 1 atom stereocenters. The molecule has 30 heavy (non-hydrogen) atoms. The summed E-state index contributed by atoms with van der Waals surface area (Å²) in [7, 11) is 0. The van der Waals surface area contributed by atoms with Crippen molar-refractivity contribution in [1.82, 2.24) is 9.55 Å². The molecule has 0 unspecified atom stereocenters. The predicted octanol–water partition coefficient (Wildman–Crippen LogP) is 5.82. The molecule has 4 nitrogen and oxygen atoms in total. The van der Waals surface area contributed by atoms with Crippen LogP contribution >= 0.6 is 0 Å². The van der Waals surface area contributed by atoms with Crippen molar-refractivity contribution in [3.63, 3.8) is 0 Å². The average molecular weight is 409 g/mol. The number of carbonyl (C=O) groups excluding carboxylic acids is 1. The van der Waals surface area contributed by atoms with E-state index in [-0.39, 0.29) is 11.6 Å². The van der Waals surface area contributed by atoms with Gasteiger partial charge in [-0.15, -0.1) is 0 Å². The van der Waals surface area contributed by atoms with Crippen LogP contribution in [-0.2, 0) is 11.3 Å². The first-order chi connectivity index (χ1) is 14.4. The van der Waals surface area contributed by atoms with Crippen LogP contribution in [0.5, 0.6) is 5.75 Å². The van der Waals surface area contributed by atoms with Crippen LogP contribution in [0, 0.1) is 18.7 Å². The van der Waals surface area contributed by atoms with Gasteiger partial charge in [-0.3, -0.25) is 0 Å². The summed E-state index contributed by atoms with van der Waals surface area (Å²) in [4.78, 5) is 15.8. The molecular weight excluding hydrogens is 379 g/mol. The summed E-state index contributed by atoms with van der Waals surface area (Å²) >= 11 is 0. The molecule has 0 fully saturated rings. The molecule has 3 aromatic rings. The molecule has 0 saturated heterocycles. The van der Waals surface area contributed by atoms with Crippen molar-refractivity contribution in [2.24, 2.45) is 5.92 Å². The molecule has 0 amide bonds. The number of aromatic nitrogens is 2. The number of ether oxygens (including phenoxy) is 1. The number of para-hydroxylation sites is 1. The van der Waals surface area contributed by atoms with E-state index in [1.807, 2.05) is 31.3 Å². The van der Waals surface area contributed by atoms with Gasteiger partial charge >= 0.3 is 0 Å². The Hall–Kier alpha value is -2.95. The highest BCUT2D eigenvalue weighted by atomic mass is 19.1. The second kappa shape index (κ2) is 10.2. The molecule has 0 aliphatic rings. The molecule has 0 radical (unpaired) electrons. The normalized spacial score (nSPS) is 12.0. The van der Waals surface area contributed by atoms with E-state index in [1.165, 1.54) is 12.1 Å². The molecule has 5 heteroatoms. The third-order valence-electron chi connectivity index (χ3n) is 5.19. The van der Waals surface area contributed by atoms with Gasteiger partial charge < -0.3 is 14.1 Å². The number of carbonyl (C=O) groups is 1. The minimum Gasteiger partial charge on any atom is -0.493 e. The fraction of sp³-hybridized carbons (Fsp3) is 0.360. The second-order valence-electron chi connectivity index (χ2n) is 7.93. The third kappa shape index (κ3) is 5.78. The number of Topliss-reactive ketones (excluding diaryl/α,β-unsaturated/α-hetero) is 1. The smallest absolute Gasteiger partial charge is 0.140 e. The summed E-state index contributed by atoms with van der Waals surface area (Å²) in [6.07, 6.45) is 4.34. The van der Waals surface area contributed by atoms with E-state index in [1.54, 1.807) is 19.1 Å². The maximum atomic E-state index is 13.3. The Kier molecular flexibility index (Phi) is 7.39. The van der Waals surface area contributed by atoms with Crippen molar-refractivity contribution in [2.75, 3.05) is 6.61 Å².